The maximum Gasteiger partial charge on any atom is 0.148 e. The van der Waals surface area contributed by atoms with Crippen LogP contribution >= 0.6 is 0 Å². The van der Waals surface area contributed by atoms with Gasteiger partial charge in [0.15, 0.2) is 0 Å². The normalized spacial score (nSPS) is 10.8. The molecule has 1 aromatic heterocycles. The fourth-order valence-corrected chi connectivity index (χ4v) is 1.68. The molecule has 0 aliphatic rings. The van der Waals surface area contributed by atoms with E-state index in [9.17, 15) is 0 Å². The molecule has 0 bridgehead atoms. The lowest BCUT2D eigenvalue weighted by Gasteiger charge is -2.09. The molecule has 5 nitrogen and oxygen atoms in total. The van der Waals surface area contributed by atoms with Crippen LogP contribution in [0.25, 0.3) is 0 Å². The maximum atomic E-state index is 6.00. The highest BCUT2D eigenvalue weighted by atomic mass is 16.5. The molecule has 0 fully saturated rings. The standard InChI is InChI=1S/C12H24N4O/c1-4-8-16-12(11(13)10(3)15-16)14-7-6-9-17-5-2/h14H,4-9,13H2,1-3H3. The number of aromatic nitrogens is 2. The van der Waals surface area contributed by atoms with Crippen molar-refractivity contribution in [3.8, 4) is 0 Å². The molecule has 1 heterocycles. The highest BCUT2D eigenvalue weighted by Gasteiger charge is 2.10. The zero-order chi connectivity index (χ0) is 12.7. The first-order chi connectivity index (χ1) is 8.20. The van der Waals surface area contributed by atoms with Crippen molar-refractivity contribution in [2.24, 2.45) is 0 Å². The second-order valence-corrected chi connectivity index (χ2v) is 4.05. The molecule has 98 valence electrons. The maximum absolute atomic E-state index is 6.00. The third kappa shape index (κ3) is 3.93. The van der Waals surface area contributed by atoms with Gasteiger partial charge in [-0.05, 0) is 26.7 Å². The lowest BCUT2D eigenvalue weighted by atomic mass is 10.3. The van der Waals surface area contributed by atoms with E-state index in [2.05, 4.69) is 17.3 Å². The third-order valence-electron chi connectivity index (χ3n) is 2.57. The van der Waals surface area contributed by atoms with E-state index in [0.29, 0.717) is 0 Å². The van der Waals surface area contributed by atoms with Crippen LogP contribution in [0.4, 0.5) is 11.5 Å². The van der Waals surface area contributed by atoms with Crippen LogP contribution in [-0.2, 0) is 11.3 Å². The molecule has 0 aromatic carbocycles. The van der Waals surface area contributed by atoms with Gasteiger partial charge in [-0.1, -0.05) is 6.92 Å². The van der Waals surface area contributed by atoms with Gasteiger partial charge in [0.2, 0.25) is 0 Å². The van der Waals surface area contributed by atoms with Crippen molar-refractivity contribution in [1.29, 1.82) is 0 Å². The predicted molar refractivity (Wildman–Crippen MR) is 71.3 cm³/mol. The van der Waals surface area contributed by atoms with E-state index in [1.807, 2.05) is 18.5 Å². The minimum Gasteiger partial charge on any atom is -0.394 e. The Balaban J connectivity index is 2.50. The molecular weight excluding hydrogens is 216 g/mol. The van der Waals surface area contributed by atoms with Crippen LogP contribution in [0.3, 0.4) is 0 Å². The molecule has 0 saturated heterocycles. The first-order valence-corrected chi connectivity index (χ1v) is 6.35. The summed E-state index contributed by atoms with van der Waals surface area (Å²) in [5, 5.41) is 7.75. The van der Waals surface area contributed by atoms with Gasteiger partial charge in [-0.3, -0.25) is 0 Å². The van der Waals surface area contributed by atoms with E-state index < -0.39 is 0 Å². The fourth-order valence-electron chi connectivity index (χ4n) is 1.68. The quantitative estimate of drug-likeness (QED) is 0.682. The summed E-state index contributed by atoms with van der Waals surface area (Å²) >= 11 is 0. The Morgan fingerprint density at radius 2 is 2.18 bits per heavy atom. The Morgan fingerprint density at radius 1 is 1.41 bits per heavy atom. The molecule has 0 unspecified atom stereocenters. The molecular formula is C12H24N4O. The number of anilines is 2. The first-order valence-electron chi connectivity index (χ1n) is 6.35. The second kappa shape index (κ2) is 7.17. The molecule has 0 saturated carbocycles. The van der Waals surface area contributed by atoms with Crippen molar-refractivity contribution in [2.45, 2.75) is 40.2 Å². The van der Waals surface area contributed by atoms with E-state index in [4.69, 9.17) is 10.5 Å². The highest BCUT2D eigenvalue weighted by molar-refractivity contribution is 5.64. The first kappa shape index (κ1) is 13.8. The number of hydrogen-bond acceptors (Lipinski definition) is 4. The van der Waals surface area contributed by atoms with Gasteiger partial charge < -0.3 is 15.8 Å². The molecule has 0 radical (unpaired) electrons. The van der Waals surface area contributed by atoms with Crippen LogP contribution in [0.15, 0.2) is 0 Å². The van der Waals surface area contributed by atoms with Gasteiger partial charge in [0.25, 0.3) is 0 Å². The van der Waals surface area contributed by atoms with Crippen LogP contribution in [0.2, 0.25) is 0 Å². The number of hydrogen-bond donors (Lipinski definition) is 2. The highest BCUT2D eigenvalue weighted by Crippen LogP contribution is 2.22. The third-order valence-corrected chi connectivity index (χ3v) is 2.57. The molecule has 0 atom stereocenters. The monoisotopic (exact) mass is 240 g/mol. The average molecular weight is 240 g/mol. The van der Waals surface area contributed by atoms with Crippen LogP contribution in [0, 0.1) is 6.92 Å². The van der Waals surface area contributed by atoms with Gasteiger partial charge in [-0.15, -0.1) is 0 Å². The molecule has 5 heteroatoms. The topological polar surface area (TPSA) is 65.1 Å². The van der Waals surface area contributed by atoms with E-state index in [-0.39, 0.29) is 0 Å². The Kier molecular flexibility index (Phi) is 5.83. The Morgan fingerprint density at radius 3 is 2.82 bits per heavy atom. The summed E-state index contributed by atoms with van der Waals surface area (Å²) in [4.78, 5) is 0. The number of nitrogen functional groups attached to an aromatic ring is 1. The zero-order valence-electron chi connectivity index (χ0n) is 11.1. The Hall–Kier alpha value is -1.23. The minimum atomic E-state index is 0.759. The summed E-state index contributed by atoms with van der Waals surface area (Å²) in [6.07, 6.45) is 2.03. The second-order valence-electron chi connectivity index (χ2n) is 4.05. The average Bonchev–Trinajstić information content (AvgIpc) is 2.57. The lowest BCUT2D eigenvalue weighted by Crippen LogP contribution is -2.12. The van der Waals surface area contributed by atoms with Crippen molar-refractivity contribution in [2.75, 3.05) is 30.8 Å². The smallest absolute Gasteiger partial charge is 0.148 e. The number of rotatable bonds is 8. The van der Waals surface area contributed by atoms with Crippen LogP contribution in [0.5, 0.6) is 0 Å². The largest absolute Gasteiger partial charge is 0.394 e. The number of nitrogens with zero attached hydrogens (tertiary/aromatic N) is 2. The molecule has 3 N–H and O–H groups in total. The SMILES string of the molecule is CCCn1nc(C)c(N)c1NCCCOCC. The van der Waals surface area contributed by atoms with E-state index in [1.54, 1.807) is 0 Å². The molecule has 0 aliphatic heterocycles. The van der Waals surface area contributed by atoms with E-state index in [0.717, 1.165) is 56.3 Å². The minimum absolute atomic E-state index is 0.759. The van der Waals surface area contributed by atoms with E-state index in [1.165, 1.54) is 0 Å². The molecule has 0 spiro atoms. The van der Waals surface area contributed by atoms with Gasteiger partial charge >= 0.3 is 0 Å². The number of ether oxygens (including phenoxy) is 1. The molecule has 1 rings (SSSR count). The van der Waals surface area contributed by atoms with Gasteiger partial charge in [-0.25, -0.2) is 4.68 Å². The molecule has 17 heavy (non-hydrogen) atoms. The van der Waals surface area contributed by atoms with Gasteiger partial charge in [0.1, 0.15) is 5.82 Å². The summed E-state index contributed by atoms with van der Waals surface area (Å²) < 4.78 is 7.24. The van der Waals surface area contributed by atoms with Crippen LogP contribution in [0.1, 0.15) is 32.4 Å². The summed E-state index contributed by atoms with van der Waals surface area (Å²) in [7, 11) is 0. The molecule has 0 amide bonds. The zero-order valence-corrected chi connectivity index (χ0v) is 11.1. The number of nitrogens with one attached hydrogen (secondary N) is 1. The molecule has 1 aromatic rings. The van der Waals surface area contributed by atoms with Crippen LogP contribution in [-0.4, -0.2) is 29.5 Å². The lowest BCUT2D eigenvalue weighted by molar-refractivity contribution is 0.147. The fraction of sp³-hybridized carbons (Fsp3) is 0.750. The molecule has 0 aliphatic carbocycles. The Bertz CT molecular complexity index is 335. The van der Waals surface area contributed by atoms with Gasteiger partial charge in [-0.2, -0.15) is 5.10 Å². The van der Waals surface area contributed by atoms with Crippen LogP contribution < -0.4 is 11.1 Å². The summed E-state index contributed by atoms with van der Waals surface area (Å²) in [6, 6.07) is 0. The summed E-state index contributed by atoms with van der Waals surface area (Å²) in [5.41, 5.74) is 7.65. The summed E-state index contributed by atoms with van der Waals surface area (Å²) in [6.45, 7) is 9.38. The number of aryl methyl sites for hydroxylation is 2. The van der Waals surface area contributed by atoms with Crippen molar-refractivity contribution < 1.29 is 4.74 Å². The summed E-state index contributed by atoms with van der Waals surface area (Å²) in [5.74, 6) is 0.945. The van der Waals surface area contributed by atoms with Gasteiger partial charge in [0, 0.05) is 26.3 Å². The van der Waals surface area contributed by atoms with Crippen molar-refractivity contribution in [3.05, 3.63) is 5.69 Å². The van der Waals surface area contributed by atoms with Crippen molar-refractivity contribution in [1.82, 2.24) is 9.78 Å². The van der Waals surface area contributed by atoms with Crippen molar-refractivity contribution in [3.63, 3.8) is 0 Å². The number of nitrogens with two attached hydrogens (primary N) is 1. The Labute approximate surface area is 103 Å². The van der Waals surface area contributed by atoms with E-state index >= 15 is 0 Å². The predicted octanol–water partition coefficient (Wildman–Crippen LogP) is 2.02. The van der Waals surface area contributed by atoms with Gasteiger partial charge in [0.05, 0.1) is 11.4 Å². The van der Waals surface area contributed by atoms with Crippen molar-refractivity contribution >= 4 is 11.5 Å².